The third-order valence-corrected chi connectivity index (χ3v) is 3.61. The van der Waals surface area contributed by atoms with Gasteiger partial charge in [-0.2, -0.15) is 0 Å². The van der Waals surface area contributed by atoms with Crippen molar-refractivity contribution in [1.82, 2.24) is 10.6 Å². The molecular weight excluding hydrogens is 260 g/mol. The molecule has 0 spiro atoms. The molecule has 0 unspecified atom stereocenters. The number of rotatable bonds is 7. The van der Waals surface area contributed by atoms with Crippen LogP contribution in [0.2, 0.25) is 0 Å². The number of hydrogen-bond donors (Lipinski definition) is 2. The highest BCUT2D eigenvalue weighted by atomic mass is 15.2. The van der Waals surface area contributed by atoms with E-state index in [4.69, 9.17) is 0 Å². The molecule has 116 valence electrons. The van der Waals surface area contributed by atoms with E-state index in [2.05, 4.69) is 65.8 Å². The van der Waals surface area contributed by atoms with E-state index >= 15 is 0 Å². The number of anilines is 1. The van der Waals surface area contributed by atoms with E-state index < -0.39 is 0 Å². The molecule has 1 aliphatic carbocycles. The summed E-state index contributed by atoms with van der Waals surface area (Å²) in [5.41, 5.74) is 2.63. The van der Waals surface area contributed by atoms with Gasteiger partial charge in [0.15, 0.2) is 5.96 Å². The summed E-state index contributed by atoms with van der Waals surface area (Å²) in [6.07, 6.45) is 4.73. The number of hydrogen-bond acceptors (Lipinski definition) is 2. The van der Waals surface area contributed by atoms with Crippen LogP contribution in [0.5, 0.6) is 0 Å². The fourth-order valence-electron chi connectivity index (χ4n) is 2.18. The lowest BCUT2D eigenvalue weighted by Crippen LogP contribution is -2.38. The van der Waals surface area contributed by atoms with Gasteiger partial charge in [-0.25, -0.2) is 0 Å². The first-order valence-electron chi connectivity index (χ1n) is 8.00. The Kier molecular flexibility index (Phi) is 5.90. The van der Waals surface area contributed by atoms with Crippen molar-refractivity contribution in [3.05, 3.63) is 29.8 Å². The molecule has 1 saturated carbocycles. The van der Waals surface area contributed by atoms with Crippen LogP contribution < -0.4 is 15.5 Å². The van der Waals surface area contributed by atoms with Crippen LogP contribution in [0, 0.1) is 0 Å². The molecule has 0 aliphatic heterocycles. The fourth-order valence-corrected chi connectivity index (χ4v) is 2.18. The zero-order chi connectivity index (χ0) is 15.1. The topological polar surface area (TPSA) is 39.7 Å². The Labute approximate surface area is 128 Å². The summed E-state index contributed by atoms with van der Waals surface area (Å²) < 4.78 is 0. The third kappa shape index (κ3) is 5.66. The standard InChI is InChI=1S/C17H28N4/c1-4-18-17(20-15-9-10-15)19-13-5-6-14-7-11-16(12-8-14)21(2)3/h7-8,11-12,15H,4-6,9-10,13H2,1-3H3,(H2,18,19,20). The minimum absolute atomic E-state index is 0.654. The Hall–Kier alpha value is -1.71. The highest BCUT2D eigenvalue weighted by Crippen LogP contribution is 2.18. The van der Waals surface area contributed by atoms with Crippen LogP contribution in [-0.2, 0) is 6.42 Å². The van der Waals surface area contributed by atoms with E-state index in [1.807, 2.05) is 0 Å². The summed E-state index contributed by atoms with van der Waals surface area (Å²) in [5.74, 6) is 0.975. The van der Waals surface area contributed by atoms with Gasteiger partial charge in [-0.1, -0.05) is 12.1 Å². The van der Waals surface area contributed by atoms with Crippen LogP contribution in [-0.4, -0.2) is 39.2 Å². The molecule has 0 radical (unpaired) electrons. The molecule has 1 fully saturated rings. The molecule has 0 aromatic heterocycles. The van der Waals surface area contributed by atoms with Crippen molar-refractivity contribution < 1.29 is 0 Å². The molecule has 0 saturated heterocycles. The van der Waals surface area contributed by atoms with E-state index in [0.29, 0.717) is 6.04 Å². The zero-order valence-electron chi connectivity index (χ0n) is 13.5. The molecule has 21 heavy (non-hydrogen) atoms. The van der Waals surface area contributed by atoms with Gasteiger partial charge < -0.3 is 15.5 Å². The molecule has 0 amide bonds. The van der Waals surface area contributed by atoms with Gasteiger partial charge in [0, 0.05) is 38.9 Å². The average molecular weight is 288 g/mol. The second-order valence-electron chi connectivity index (χ2n) is 5.84. The lowest BCUT2D eigenvalue weighted by molar-refractivity contribution is 0.782. The first-order valence-corrected chi connectivity index (χ1v) is 8.00. The number of aliphatic imine (C=N–C) groups is 1. The highest BCUT2D eigenvalue weighted by molar-refractivity contribution is 5.80. The van der Waals surface area contributed by atoms with E-state index in [0.717, 1.165) is 31.9 Å². The van der Waals surface area contributed by atoms with Gasteiger partial charge in [0.1, 0.15) is 0 Å². The molecule has 4 heteroatoms. The minimum atomic E-state index is 0.654. The molecule has 1 aromatic rings. The predicted molar refractivity (Wildman–Crippen MR) is 91.2 cm³/mol. The van der Waals surface area contributed by atoms with Crippen molar-refractivity contribution in [3.8, 4) is 0 Å². The number of guanidine groups is 1. The fraction of sp³-hybridized carbons (Fsp3) is 0.588. The van der Waals surface area contributed by atoms with Gasteiger partial charge in [0.25, 0.3) is 0 Å². The summed E-state index contributed by atoms with van der Waals surface area (Å²) >= 11 is 0. The number of aryl methyl sites for hydroxylation is 1. The number of nitrogens with zero attached hydrogens (tertiary/aromatic N) is 2. The van der Waals surface area contributed by atoms with Crippen molar-refractivity contribution >= 4 is 11.6 Å². The van der Waals surface area contributed by atoms with E-state index in [9.17, 15) is 0 Å². The number of nitrogens with one attached hydrogen (secondary N) is 2. The molecule has 1 aromatic carbocycles. The van der Waals surface area contributed by atoms with Crippen molar-refractivity contribution in [2.45, 2.75) is 38.6 Å². The average Bonchev–Trinajstić information content (AvgIpc) is 3.28. The van der Waals surface area contributed by atoms with Gasteiger partial charge in [-0.15, -0.1) is 0 Å². The van der Waals surface area contributed by atoms with Crippen LogP contribution >= 0.6 is 0 Å². The molecule has 0 heterocycles. The van der Waals surface area contributed by atoms with Crippen molar-refractivity contribution in [2.24, 2.45) is 4.99 Å². The Morgan fingerprint density at radius 3 is 2.52 bits per heavy atom. The van der Waals surface area contributed by atoms with Crippen LogP contribution in [0.4, 0.5) is 5.69 Å². The SMILES string of the molecule is CCNC(=NCCCc1ccc(N(C)C)cc1)NC1CC1. The molecule has 2 N–H and O–H groups in total. The summed E-state index contributed by atoms with van der Waals surface area (Å²) in [5, 5.41) is 6.75. The smallest absolute Gasteiger partial charge is 0.191 e. The normalized spacial score (nSPS) is 14.9. The van der Waals surface area contributed by atoms with Gasteiger partial charge in [0.05, 0.1) is 0 Å². The number of benzene rings is 1. The van der Waals surface area contributed by atoms with Gasteiger partial charge >= 0.3 is 0 Å². The second kappa shape index (κ2) is 7.91. The van der Waals surface area contributed by atoms with Crippen molar-refractivity contribution in [3.63, 3.8) is 0 Å². The molecule has 0 atom stereocenters. The zero-order valence-corrected chi connectivity index (χ0v) is 13.5. The van der Waals surface area contributed by atoms with Crippen LogP contribution in [0.3, 0.4) is 0 Å². The minimum Gasteiger partial charge on any atom is -0.378 e. The van der Waals surface area contributed by atoms with Gasteiger partial charge in [-0.3, -0.25) is 4.99 Å². The van der Waals surface area contributed by atoms with Crippen molar-refractivity contribution in [1.29, 1.82) is 0 Å². The Morgan fingerprint density at radius 1 is 1.24 bits per heavy atom. The molecular formula is C17H28N4. The molecule has 2 rings (SSSR count). The first-order chi connectivity index (χ1) is 10.2. The summed E-state index contributed by atoms with van der Waals surface area (Å²) in [6, 6.07) is 9.44. The Bertz CT molecular complexity index is 446. The van der Waals surface area contributed by atoms with Gasteiger partial charge in [0.2, 0.25) is 0 Å². The van der Waals surface area contributed by atoms with Crippen molar-refractivity contribution in [2.75, 3.05) is 32.1 Å². The summed E-state index contributed by atoms with van der Waals surface area (Å²) in [4.78, 5) is 6.77. The molecule has 1 aliphatic rings. The van der Waals surface area contributed by atoms with E-state index in [1.54, 1.807) is 0 Å². The van der Waals surface area contributed by atoms with E-state index in [1.165, 1.54) is 24.1 Å². The van der Waals surface area contributed by atoms with Crippen LogP contribution in [0.15, 0.2) is 29.3 Å². The maximum Gasteiger partial charge on any atom is 0.191 e. The van der Waals surface area contributed by atoms with Crippen LogP contribution in [0.1, 0.15) is 31.7 Å². The third-order valence-electron chi connectivity index (χ3n) is 3.61. The summed E-state index contributed by atoms with van der Waals surface area (Å²) in [6.45, 7) is 3.90. The Morgan fingerprint density at radius 2 is 1.95 bits per heavy atom. The second-order valence-corrected chi connectivity index (χ2v) is 5.84. The predicted octanol–water partition coefficient (Wildman–Crippen LogP) is 2.40. The lowest BCUT2D eigenvalue weighted by atomic mass is 10.1. The lowest BCUT2D eigenvalue weighted by Gasteiger charge is -2.12. The maximum atomic E-state index is 4.64. The van der Waals surface area contributed by atoms with E-state index in [-0.39, 0.29) is 0 Å². The van der Waals surface area contributed by atoms with Gasteiger partial charge in [-0.05, 0) is 50.3 Å². The molecule has 4 nitrogen and oxygen atoms in total. The monoisotopic (exact) mass is 288 g/mol. The quantitative estimate of drug-likeness (QED) is 0.460. The largest absolute Gasteiger partial charge is 0.378 e. The maximum absolute atomic E-state index is 4.64. The highest BCUT2D eigenvalue weighted by Gasteiger charge is 2.21. The first kappa shape index (κ1) is 15.7. The Balaban J connectivity index is 1.74. The summed E-state index contributed by atoms with van der Waals surface area (Å²) in [7, 11) is 4.14. The van der Waals surface area contributed by atoms with Crippen LogP contribution in [0.25, 0.3) is 0 Å². The molecule has 0 bridgehead atoms.